The highest BCUT2D eigenvalue weighted by atomic mass is 35.5. The van der Waals surface area contributed by atoms with Crippen LogP contribution in [0.25, 0.3) is 0 Å². The van der Waals surface area contributed by atoms with E-state index < -0.39 is 17.8 Å². The van der Waals surface area contributed by atoms with E-state index >= 15 is 0 Å². The van der Waals surface area contributed by atoms with Crippen molar-refractivity contribution in [3.05, 3.63) is 68.4 Å². The fourth-order valence-corrected chi connectivity index (χ4v) is 3.53. The van der Waals surface area contributed by atoms with Gasteiger partial charge in [-0.3, -0.25) is 9.59 Å². The van der Waals surface area contributed by atoms with Gasteiger partial charge < -0.3 is 10.2 Å². The van der Waals surface area contributed by atoms with Gasteiger partial charge in [0.2, 0.25) is 11.8 Å². The van der Waals surface area contributed by atoms with Gasteiger partial charge in [0.1, 0.15) is 11.9 Å². The minimum Gasteiger partial charge on any atom is -0.354 e. The molecule has 0 unspecified atom stereocenters. The molecule has 0 saturated heterocycles. The van der Waals surface area contributed by atoms with Gasteiger partial charge in [-0.2, -0.15) is 0 Å². The maximum absolute atomic E-state index is 14.2. The van der Waals surface area contributed by atoms with Gasteiger partial charge in [0.15, 0.2) is 0 Å². The molecule has 2 amide bonds. The van der Waals surface area contributed by atoms with Crippen molar-refractivity contribution in [3.8, 4) is 0 Å². The summed E-state index contributed by atoms with van der Waals surface area (Å²) in [6.45, 7) is 4.02. The first-order valence-electron chi connectivity index (χ1n) is 9.19. The molecule has 0 spiro atoms. The zero-order chi connectivity index (χ0) is 21.6. The minimum absolute atomic E-state index is 0.00409. The van der Waals surface area contributed by atoms with E-state index in [0.29, 0.717) is 22.2 Å². The third-order valence-corrected chi connectivity index (χ3v) is 5.56. The van der Waals surface area contributed by atoms with E-state index in [4.69, 9.17) is 34.8 Å². The number of hydrogen-bond donors (Lipinski definition) is 1. The number of halogens is 4. The third-order valence-electron chi connectivity index (χ3n) is 4.50. The van der Waals surface area contributed by atoms with Crippen LogP contribution in [0.15, 0.2) is 36.4 Å². The Morgan fingerprint density at radius 1 is 1.03 bits per heavy atom. The molecule has 0 aliphatic rings. The molecular formula is C21H22Cl3FN2O2. The lowest BCUT2D eigenvalue weighted by molar-refractivity contribution is -0.140. The Morgan fingerprint density at radius 3 is 2.14 bits per heavy atom. The highest BCUT2D eigenvalue weighted by Crippen LogP contribution is 2.27. The zero-order valence-corrected chi connectivity index (χ0v) is 18.4. The number of amides is 2. The van der Waals surface area contributed by atoms with Gasteiger partial charge >= 0.3 is 0 Å². The molecule has 2 rings (SSSR count). The molecule has 0 aliphatic carbocycles. The molecule has 0 aromatic heterocycles. The summed E-state index contributed by atoms with van der Waals surface area (Å²) in [6.07, 6.45) is 0.465. The Hall–Kier alpha value is -1.82. The molecule has 2 aromatic rings. The lowest BCUT2D eigenvalue weighted by Crippen LogP contribution is -2.48. The van der Waals surface area contributed by atoms with Crippen molar-refractivity contribution < 1.29 is 14.0 Å². The molecule has 0 heterocycles. The van der Waals surface area contributed by atoms with Crippen LogP contribution in [0, 0.1) is 5.82 Å². The smallest absolute Gasteiger partial charge is 0.242 e. The molecule has 29 heavy (non-hydrogen) atoms. The van der Waals surface area contributed by atoms with Crippen molar-refractivity contribution in [1.82, 2.24) is 10.2 Å². The number of rotatable bonds is 8. The largest absolute Gasteiger partial charge is 0.354 e. The van der Waals surface area contributed by atoms with Gasteiger partial charge in [-0.25, -0.2) is 4.39 Å². The van der Waals surface area contributed by atoms with Crippen molar-refractivity contribution in [1.29, 1.82) is 0 Å². The van der Waals surface area contributed by atoms with Crippen LogP contribution in [0.5, 0.6) is 0 Å². The van der Waals surface area contributed by atoms with E-state index in [1.807, 2.05) is 6.92 Å². The first-order valence-corrected chi connectivity index (χ1v) is 10.3. The molecule has 0 aliphatic heterocycles. The Labute approximate surface area is 184 Å². The average Bonchev–Trinajstić information content (AvgIpc) is 2.68. The van der Waals surface area contributed by atoms with Gasteiger partial charge in [0, 0.05) is 39.3 Å². The zero-order valence-electron chi connectivity index (χ0n) is 16.1. The Balaban J connectivity index is 2.35. The van der Waals surface area contributed by atoms with E-state index in [1.54, 1.807) is 25.1 Å². The number of benzene rings is 2. The summed E-state index contributed by atoms with van der Waals surface area (Å²) < 4.78 is 14.2. The molecule has 0 saturated carbocycles. The molecule has 0 radical (unpaired) electrons. The van der Waals surface area contributed by atoms with Gasteiger partial charge in [-0.05, 0) is 37.6 Å². The second kappa shape index (κ2) is 10.8. The van der Waals surface area contributed by atoms with Gasteiger partial charge in [0.05, 0.1) is 6.42 Å². The van der Waals surface area contributed by atoms with Crippen molar-refractivity contribution in [2.45, 2.75) is 39.3 Å². The molecule has 8 heteroatoms. The summed E-state index contributed by atoms with van der Waals surface area (Å²) in [5.74, 6) is -1.36. The molecule has 4 nitrogen and oxygen atoms in total. The summed E-state index contributed by atoms with van der Waals surface area (Å²) in [5.41, 5.74) is 0.592. The molecule has 156 valence electrons. The van der Waals surface area contributed by atoms with Gasteiger partial charge in [-0.15, -0.1) is 0 Å². The van der Waals surface area contributed by atoms with Crippen LogP contribution in [0.4, 0.5) is 4.39 Å². The number of hydrogen-bond acceptors (Lipinski definition) is 2. The van der Waals surface area contributed by atoms with Crippen LogP contribution in [-0.2, 0) is 22.6 Å². The quantitative estimate of drug-likeness (QED) is 0.584. The van der Waals surface area contributed by atoms with Crippen LogP contribution in [0.1, 0.15) is 31.4 Å². The number of carbonyl (C=O) groups is 2. The third kappa shape index (κ3) is 6.08. The second-order valence-electron chi connectivity index (χ2n) is 6.57. The first kappa shape index (κ1) is 23.5. The van der Waals surface area contributed by atoms with Crippen molar-refractivity contribution in [2.24, 2.45) is 0 Å². The standard InChI is InChI=1S/C21H22Cl3FN2O2/c1-3-10-26-21(29)13(2)27(12-15-17(23)6-4-7-18(15)24)20(28)11-14-16(22)8-5-9-19(14)25/h4-9,13H,3,10-12H2,1-2H3,(H,26,29)/t13-/m1/s1. The molecule has 1 N–H and O–H groups in total. The van der Waals surface area contributed by atoms with E-state index in [0.717, 1.165) is 6.42 Å². The summed E-state index contributed by atoms with van der Waals surface area (Å²) in [7, 11) is 0. The van der Waals surface area contributed by atoms with Crippen LogP contribution in [0.2, 0.25) is 15.1 Å². The second-order valence-corrected chi connectivity index (χ2v) is 7.79. The summed E-state index contributed by atoms with van der Waals surface area (Å²) >= 11 is 18.6. The summed E-state index contributed by atoms with van der Waals surface area (Å²) in [5, 5.41) is 3.67. The number of carbonyl (C=O) groups excluding carboxylic acids is 2. The highest BCUT2D eigenvalue weighted by molar-refractivity contribution is 6.36. The van der Waals surface area contributed by atoms with Crippen molar-refractivity contribution in [3.63, 3.8) is 0 Å². The lowest BCUT2D eigenvalue weighted by atomic mass is 10.1. The fraction of sp³-hybridized carbons (Fsp3) is 0.333. The van der Waals surface area contributed by atoms with Crippen LogP contribution >= 0.6 is 34.8 Å². The monoisotopic (exact) mass is 458 g/mol. The molecule has 0 fully saturated rings. The van der Waals surface area contributed by atoms with Crippen LogP contribution < -0.4 is 5.32 Å². The molecule has 1 atom stereocenters. The van der Waals surface area contributed by atoms with Gasteiger partial charge in [0.25, 0.3) is 0 Å². The Bertz CT molecular complexity index is 852. The van der Waals surface area contributed by atoms with E-state index in [1.165, 1.54) is 23.1 Å². The van der Waals surface area contributed by atoms with Gasteiger partial charge in [-0.1, -0.05) is 53.9 Å². The maximum atomic E-state index is 14.2. The number of nitrogens with one attached hydrogen (secondary N) is 1. The summed E-state index contributed by atoms with van der Waals surface area (Å²) in [4.78, 5) is 27.0. The highest BCUT2D eigenvalue weighted by Gasteiger charge is 2.28. The van der Waals surface area contributed by atoms with Crippen LogP contribution in [-0.4, -0.2) is 29.3 Å². The molecule has 2 aromatic carbocycles. The van der Waals surface area contributed by atoms with Crippen LogP contribution in [0.3, 0.4) is 0 Å². The lowest BCUT2D eigenvalue weighted by Gasteiger charge is -2.29. The number of nitrogens with zero attached hydrogens (tertiary/aromatic N) is 1. The Kier molecular flexibility index (Phi) is 8.75. The average molecular weight is 460 g/mol. The normalized spacial score (nSPS) is 11.8. The predicted octanol–water partition coefficient (Wildman–Crippen LogP) is 5.27. The fourth-order valence-electron chi connectivity index (χ4n) is 2.79. The predicted molar refractivity (Wildman–Crippen MR) is 115 cm³/mol. The van der Waals surface area contributed by atoms with Crippen molar-refractivity contribution in [2.75, 3.05) is 6.54 Å². The van der Waals surface area contributed by atoms with E-state index in [9.17, 15) is 14.0 Å². The van der Waals surface area contributed by atoms with E-state index in [-0.39, 0.29) is 29.5 Å². The maximum Gasteiger partial charge on any atom is 0.242 e. The first-order chi connectivity index (χ1) is 13.8. The summed E-state index contributed by atoms with van der Waals surface area (Å²) in [6, 6.07) is 8.40. The van der Waals surface area contributed by atoms with Crippen molar-refractivity contribution >= 4 is 46.6 Å². The Morgan fingerprint density at radius 2 is 1.59 bits per heavy atom. The molecule has 0 bridgehead atoms. The SMILES string of the molecule is CCCNC(=O)[C@@H](C)N(Cc1c(Cl)cccc1Cl)C(=O)Cc1c(F)cccc1Cl. The minimum atomic E-state index is -0.813. The topological polar surface area (TPSA) is 49.4 Å². The van der Waals surface area contributed by atoms with E-state index in [2.05, 4.69) is 5.32 Å². The molecular weight excluding hydrogens is 438 g/mol.